The number of nitrogens with one attached hydrogen (secondary N) is 1. The lowest BCUT2D eigenvalue weighted by atomic mass is 10.2. The summed E-state index contributed by atoms with van der Waals surface area (Å²) in [6.45, 7) is 2.01. The molecule has 0 saturated carbocycles. The first-order chi connectivity index (χ1) is 9.11. The van der Waals surface area contributed by atoms with Gasteiger partial charge in [0.2, 0.25) is 0 Å². The number of hydrogen-bond acceptors (Lipinski definition) is 4. The van der Waals surface area contributed by atoms with Crippen LogP contribution in [0.1, 0.15) is 34.8 Å². The van der Waals surface area contributed by atoms with Crippen molar-refractivity contribution in [3.63, 3.8) is 0 Å². The Morgan fingerprint density at radius 3 is 2.95 bits per heavy atom. The maximum absolute atomic E-state index is 12.2. The lowest BCUT2D eigenvalue weighted by Crippen LogP contribution is -2.28. The second kappa shape index (κ2) is 6.04. The summed E-state index contributed by atoms with van der Waals surface area (Å²) in [5.41, 5.74) is 5.74. The van der Waals surface area contributed by atoms with Crippen LogP contribution in [0.5, 0.6) is 0 Å². The molecule has 1 unspecified atom stereocenters. The van der Waals surface area contributed by atoms with E-state index < -0.39 is 0 Å². The van der Waals surface area contributed by atoms with Gasteiger partial charge in [-0.15, -0.1) is 11.3 Å². The largest absolute Gasteiger partial charge is 0.384 e. The molecule has 0 fully saturated rings. The van der Waals surface area contributed by atoms with Crippen LogP contribution in [0.25, 0.3) is 0 Å². The van der Waals surface area contributed by atoms with Crippen molar-refractivity contribution in [2.45, 2.75) is 19.4 Å². The Hall–Kier alpha value is -1.59. The van der Waals surface area contributed by atoms with E-state index in [1.165, 1.54) is 0 Å². The van der Waals surface area contributed by atoms with Crippen LogP contribution < -0.4 is 11.1 Å². The van der Waals surface area contributed by atoms with Gasteiger partial charge in [0.05, 0.1) is 11.1 Å². The van der Waals surface area contributed by atoms with Gasteiger partial charge in [-0.1, -0.05) is 24.6 Å². The number of rotatable bonds is 4. The molecule has 1 atom stereocenters. The molecule has 2 rings (SSSR count). The van der Waals surface area contributed by atoms with Gasteiger partial charge >= 0.3 is 0 Å². The molecule has 0 aromatic carbocycles. The monoisotopic (exact) mass is 295 g/mol. The molecule has 3 N–H and O–H groups in total. The van der Waals surface area contributed by atoms with E-state index in [4.69, 9.17) is 17.3 Å². The third-order valence-electron chi connectivity index (χ3n) is 2.68. The van der Waals surface area contributed by atoms with Gasteiger partial charge in [0.1, 0.15) is 11.5 Å². The maximum Gasteiger partial charge on any atom is 0.272 e. The van der Waals surface area contributed by atoms with Crippen molar-refractivity contribution in [2.75, 3.05) is 5.73 Å². The summed E-state index contributed by atoms with van der Waals surface area (Å²) in [5, 5.41) is 5.20. The SMILES string of the molecule is CCC(NC(=O)c1nc(N)ccc1Cl)c1cccs1. The zero-order chi connectivity index (χ0) is 13.8. The number of nitrogens with zero attached hydrogens (tertiary/aromatic N) is 1. The molecule has 100 valence electrons. The van der Waals surface area contributed by atoms with Gasteiger partial charge in [-0.05, 0) is 30.0 Å². The molecule has 6 heteroatoms. The van der Waals surface area contributed by atoms with Crippen molar-refractivity contribution in [3.8, 4) is 0 Å². The van der Waals surface area contributed by atoms with Crippen molar-refractivity contribution >= 4 is 34.7 Å². The van der Waals surface area contributed by atoms with E-state index in [-0.39, 0.29) is 23.5 Å². The number of thiophene rings is 1. The molecular formula is C13H14ClN3OS. The molecule has 0 bridgehead atoms. The third-order valence-corrected chi connectivity index (χ3v) is 3.97. The predicted octanol–water partition coefficient (Wildman–Crippen LogP) is 3.26. The smallest absolute Gasteiger partial charge is 0.272 e. The first-order valence-electron chi connectivity index (χ1n) is 5.88. The average molecular weight is 296 g/mol. The van der Waals surface area contributed by atoms with Crippen LogP contribution in [-0.2, 0) is 0 Å². The second-order valence-corrected chi connectivity index (χ2v) is 5.40. The number of anilines is 1. The molecule has 0 aliphatic rings. The van der Waals surface area contributed by atoms with E-state index in [0.29, 0.717) is 5.02 Å². The lowest BCUT2D eigenvalue weighted by Gasteiger charge is -2.15. The van der Waals surface area contributed by atoms with Crippen molar-refractivity contribution in [1.29, 1.82) is 0 Å². The van der Waals surface area contributed by atoms with Gasteiger partial charge in [-0.3, -0.25) is 4.79 Å². The van der Waals surface area contributed by atoms with Crippen LogP contribution >= 0.6 is 22.9 Å². The molecule has 2 aromatic heterocycles. The fourth-order valence-corrected chi connectivity index (χ4v) is 2.76. The molecule has 4 nitrogen and oxygen atoms in total. The number of nitrogens with two attached hydrogens (primary N) is 1. The van der Waals surface area contributed by atoms with Gasteiger partial charge in [-0.25, -0.2) is 4.98 Å². The van der Waals surface area contributed by atoms with Crippen LogP contribution in [0.2, 0.25) is 5.02 Å². The normalized spacial score (nSPS) is 12.1. The summed E-state index contributed by atoms with van der Waals surface area (Å²) < 4.78 is 0. The van der Waals surface area contributed by atoms with Gasteiger partial charge in [-0.2, -0.15) is 0 Å². The minimum atomic E-state index is -0.308. The highest BCUT2D eigenvalue weighted by atomic mass is 35.5. The van der Waals surface area contributed by atoms with Crippen LogP contribution in [0, 0.1) is 0 Å². The zero-order valence-electron chi connectivity index (χ0n) is 10.4. The second-order valence-electron chi connectivity index (χ2n) is 4.02. The van der Waals surface area contributed by atoms with E-state index >= 15 is 0 Å². The number of hydrogen-bond donors (Lipinski definition) is 2. The first kappa shape index (κ1) is 13.8. The Balaban J connectivity index is 2.18. The van der Waals surface area contributed by atoms with Gasteiger partial charge < -0.3 is 11.1 Å². The lowest BCUT2D eigenvalue weighted by molar-refractivity contribution is 0.0931. The molecule has 1 amide bonds. The number of carbonyl (C=O) groups excluding carboxylic acids is 1. The summed E-state index contributed by atoms with van der Waals surface area (Å²) in [7, 11) is 0. The minimum Gasteiger partial charge on any atom is -0.384 e. The summed E-state index contributed by atoms with van der Waals surface area (Å²) in [6, 6.07) is 7.06. The fraction of sp³-hybridized carbons (Fsp3) is 0.231. The van der Waals surface area contributed by atoms with Crippen molar-refractivity contribution in [3.05, 3.63) is 45.2 Å². The Kier molecular flexibility index (Phi) is 4.39. The number of carbonyl (C=O) groups is 1. The van der Waals surface area contributed by atoms with Gasteiger partial charge in [0, 0.05) is 4.88 Å². The molecule has 0 aliphatic carbocycles. The fourth-order valence-electron chi connectivity index (χ4n) is 1.71. The number of pyridine rings is 1. The van der Waals surface area contributed by atoms with E-state index in [1.807, 2.05) is 24.4 Å². The van der Waals surface area contributed by atoms with E-state index in [0.717, 1.165) is 11.3 Å². The molecule has 0 aliphatic heterocycles. The summed E-state index contributed by atoms with van der Waals surface area (Å²) in [6.07, 6.45) is 0.798. The molecule has 0 radical (unpaired) electrons. The van der Waals surface area contributed by atoms with Crippen molar-refractivity contribution in [2.24, 2.45) is 0 Å². The summed E-state index contributed by atoms with van der Waals surface area (Å²) in [4.78, 5) is 17.3. The average Bonchev–Trinajstić information content (AvgIpc) is 2.92. The molecule has 2 aromatic rings. The van der Waals surface area contributed by atoms with Crippen molar-refractivity contribution in [1.82, 2.24) is 10.3 Å². The maximum atomic E-state index is 12.2. The highest BCUT2D eigenvalue weighted by Gasteiger charge is 2.18. The number of nitrogen functional groups attached to an aromatic ring is 1. The van der Waals surface area contributed by atoms with Crippen LogP contribution in [-0.4, -0.2) is 10.9 Å². The standard InChI is InChI=1S/C13H14ClN3OS/c1-2-9(10-4-3-7-19-10)16-13(18)12-8(14)5-6-11(15)17-12/h3-7,9H,2H2,1H3,(H2,15,17)(H,16,18). The number of halogens is 1. The highest BCUT2D eigenvalue weighted by Crippen LogP contribution is 2.23. The quantitative estimate of drug-likeness (QED) is 0.909. The highest BCUT2D eigenvalue weighted by molar-refractivity contribution is 7.10. The molecule has 0 spiro atoms. The van der Waals surface area contributed by atoms with Crippen LogP contribution in [0.4, 0.5) is 5.82 Å². The molecule has 19 heavy (non-hydrogen) atoms. The van der Waals surface area contributed by atoms with Crippen molar-refractivity contribution < 1.29 is 4.79 Å². The molecular weight excluding hydrogens is 282 g/mol. The van der Waals surface area contributed by atoms with E-state index in [2.05, 4.69) is 10.3 Å². The molecule has 2 heterocycles. The summed E-state index contributed by atoms with van der Waals surface area (Å²) in [5.74, 6) is -0.0312. The van der Waals surface area contributed by atoms with Gasteiger partial charge in [0.25, 0.3) is 5.91 Å². The van der Waals surface area contributed by atoms with Crippen LogP contribution in [0.3, 0.4) is 0 Å². The van der Waals surface area contributed by atoms with Gasteiger partial charge in [0.15, 0.2) is 0 Å². The number of amides is 1. The number of aromatic nitrogens is 1. The Morgan fingerprint density at radius 2 is 2.32 bits per heavy atom. The van der Waals surface area contributed by atoms with E-state index in [9.17, 15) is 4.79 Å². The zero-order valence-corrected chi connectivity index (χ0v) is 12.0. The Bertz CT molecular complexity index is 571. The minimum absolute atomic E-state index is 0.0354. The van der Waals surface area contributed by atoms with E-state index in [1.54, 1.807) is 23.5 Å². The molecule has 0 saturated heterocycles. The Labute approximate surface area is 120 Å². The third kappa shape index (κ3) is 3.24. The van der Waals surface area contributed by atoms with Crippen LogP contribution in [0.15, 0.2) is 29.6 Å². The summed E-state index contributed by atoms with van der Waals surface area (Å²) >= 11 is 7.57. The first-order valence-corrected chi connectivity index (χ1v) is 7.14. The predicted molar refractivity (Wildman–Crippen MR) is 78.5 cm³/mol. The topological polar surface area (TPSA) is 68.0 Å². The Morgan fingerprint density at radius 1 is 1.53 bits per heavy atom.